The van der Waals surface area contributed by atoms with Crippen LogP contribution >= 0.6 is 0 Å². The number of allylic oxidation sites excluding steroid dienone is 1. The summed E-state index contributed by atoms with van der Waals surface area (Å²) in [4.78, 5) is 64.5. The Hall–Kier alpha value is -3.79. The molecule has 3 aliphatic carbocycles. The molecule has 10 heteroatoms. The van der Waals surface area contributed by atoms with Crippen LogP contribution in [0, 0.1) is 16.7 Å². The molecular weight excluding hydrogens is 556 g/mol. The molecule has 0 unspecified atom stereocenters. The van der Waals surface area contributed by atoms with Crippen LogP contribution in [-0.4, -0.2) is 64.8 Å². The third-order valence-electron chi connectivity index (χ3n) is 9.58. The van der Waals surface area contributed by atoms with Crippen LogP contribution in [0.4, 0.5) is 0 Å². The van der Waals surface area contributed by atoms with Gasteiger partial charge < -0.3 is 24.1 Å². The minimum atomic E-state index is -1.55. The van der Waals surface area contributed by atoms with Crippen molar-refractivity contribution < 1.29 is 48.0 Å². The topological polar surface area (TPSA) is 143 Å². The number of fused-ring (bicyclic) bond motifs is 2. The zero-order valence-corrected chi connectivity index (χ0v) is 25.7. The summed E-state index contributed by atoms with van der Waals surface area (Å²) in [6, 6.07) is 8.23. The normalized spacial score (nSPS) is 32.2. The van der Waals surface area contributed by atoms with Crippen molar-refractivity contribution in [3.05, 3.63) is 59.2 Å². The van der Waals surface area contributed by atoms with E-state index in [1.54, 1.807) is 58.0 Å². The fourth-order valence-electron chi connectivity index (χ4n) is 7.43. The summed E-state index contributed by atoms with van der Waals surface area (Å²) in [7, 11) is 0. The molecule has 232 valence electrons. The van der Waals surface area contributed by atoms with Gasteiger partial charge in [0.2, 0.25) is 0 Å². The van der Waals surface area contributed by atoms with Crippen molar-refractivity contribution >= 4 is 29.7 Å². The Bertz CT molecular complexity index is 1390. The Morgan fingerprint density at radius 3 is 2.07 bits per heavy atom. The summed E-state index contributed by atoms with van der Waals surface area (Å²) in [5, 5.41) is 11.8. The van der Waals surface area contributed by atoms with E-state index in [1.807, 2.05) is 0 Å². The average molecular weight is 597 g/mol. The maximum atomic E-state index is 13.7. The number of benzene rings is 1. The minimum absolute atomic E-state index is 0.00852. The number of ether oxygens (including phenoxy) is 4. The average Bonchev–Trinajstić information content (AvgIpc) is 3.11. The second-order valence-corrected chi connectivity index (χ2v) is 12.6. The van der Waals surface area contributed by atoms with Crippen LogP contribution in [0.5, 0.6) is 0 Å². The van der Waals surface area contributed by atoms with Gasteiger partial charge in [-0.15, -0.1) is 0 Å². The highest BCUT2D eigenvalue weighted by molar-refractivity contribution is 6.00. The van der Waals surface area contributed by atoms with Gasteiger partial charge in [0.1, 0.15) is 12.2 Å². The van der Waals surface area contributed by atoms with Crippen molar-refractivity contribution in [3.8, 4) is 0 Å². The fourth-order valence-corrected chi connectivity index (χ4v) is 7.43. The zero-order valence-electron chi connectivity index (χ0n) is 25.7. The second kappa shape index (κ2) is 11.4. The first kappa shape index (κ1) is 32.1. The Balaban J connectivity index is 2.05. The van der Waals surface area contributed by atoms with Crippen molar-refractivity contribution in [1.82, 2.24) is 0 Å². The first-order valence-corrected chi connectivity index (χ1v) is 14.4. The molecule has 43 heavy (non-hydrogen) atoms. The monoisotopic (exact) mass is 596 g/mol. The van der Waals surface area contributed by atoms with Gasteiger partial charge in [-0.25, -0.2) is 4.79 Å². The number of esters is 4. The van der Waals surface area contributed by atoms with Gasteiger partial charge in [0, 0.05) is 39.0 Å². The summed E-state index contributed by atoms with van der Waals surface area (Å²) in [5.41, 5.74) is -2.85. The van der Waals surface area contributed by atoms with Gasteiger partial charge in [-0.2, -0.15) is 0 Å². The lowest BCUT2D eigenvalue weighted by molar-refractivity contribution is -0.198. The van der Waals surface area contributed by atoms with Gasteiger partial charge in [0.05, 0.1) is 16.6 Å². The third kappa shape index (κ3) is 5.53. The summed E-state index contributed by atoms with van der Waals surface area (Å²) < 4.78 is 23.8. The molecule has 3 aliphatic rings. The fraction of sp³-hybridized carbons (Fsp3) is 0.545. The lowest BCUT2D eigenvalue weighted by atomic mass is 9.56. The smallest absolute Gasteiger partial charge is 0.338 e. The molecular formula is C33H40O10. The molecule has 0 heterocycles. The lowest BCUT2D eigenvalue weighted by Crippen LogP contribution is -2.60. The van der Waals surface area contributed by atoms with E-state index in [-0.39, 0.29) is 30.6 Å². The highest BCUT2D eigenvalue weighted by atomic mass is 16.6. The van der Waals surface area contributed by atoms with Crippen molar-refractivity contribution in [1.29, 1.82) is 0 Å². The molecule has 0 spiro atoms. The van der Waals surface area contributed by atoms with Crippen LogP contribution in [0.3, 0.4) is 0 Å². The van der Waals surface area contributed by atoms with Crippen molar-refractivity contribution in [3.63, 3.8) is 0 Å². The Kier molecular flexibility index (Phi) is 8.50. The predicted molar refractivity (Wildman–Crippen MR) is 153 cm³/mol. The van der Waals surface area contributed by atoms with E-state index in [0.717, 1.165) is 0 Å². The molecule has 1 aromatic carbocycles. The van der Waals surface area contributed by atoms with E-state index in [0.29, 0.717) is 16.7 Å². The van der Waals surface area contributed by atoms with Gasteiger partial charge in [-0.3, -0.25) is 19.2 Å². The van der Waals surface area contributed by atoms with Crippen LogP contribution < -0.4 is 0 Å². The zero-order chi connectivity index (χ0) is 32.1. The third-order valence-corrected chi connectivity index (χ3v) is 9.58. The van der Waals surface area contributed by atoms with Crippen LogP contribution in [-0.2, 0) is 38.1 Å². The summed E-state index contributed by atoms with van der Waals surface area (Å²) in [5.74, 6) is -3.60. The quantitative estimate of drug-likeness (QED) is 0.290. The molecule has 0 aromatic heterocycles. The van der Waals surface area contributed by atoms with Crippen molar-refractivity contribution in [2.45, 2.75) is 97.7 Å². The number of carbonyl (C=O) groups excluding carboxylic acids is 5. The number of Topliss-reactive ketones (excluding diaryl/α,β-unsaturated/α-hetero) is 1. The molecule has 2 fully saturated rings. The van der Waals surface area contributed by atoms with Gasteiger partial charge in [0.25, 0.3) is 0 Å². The van der Waals surface area contributed by atoms with E-state index >= 15 is 0 Å². The van der Waals surface area contributed by atoms with E-state index in [1.165, 1.54) is 20.8 Å². The van der Waals surface area contributed by atoms with E-state index in [9.17, 15) is 29.1 Å². The molecule has 0 amide bonds. The predicted octanol–water partition coefficient (Wildman–Crippen LogP) is 4.04. The summed E-state index contributed by atoms with van der Waals surface area (Å²) >= 11 is 0. The minimum Gasteiger partial charge on any atom is -0.462 e. The number of ketones is 1. The maximum absolute atomic E-state index is 13.7. The van der Waals surface area contributed by atoms with Crippen LogP contribution in [0.15, 0.2) is 53.6 Å². The molecule has 1 aromatic rings. The molecule has 7 atom stereocenters. The molecule has 0 bridgehead atoms. The molecule has 1 N–H and O–H groups in total. The van der Waals surface area contributed by atoms with Crippen LogP contribution in [0.1, 0.15) is 78.1 Å². The first-order valence-electron chi connectivity index (χ1n) is 14.4. The van der Waals surface area contributed by atoms with Crippen LogP contribution in [0.2, 0.25) is 0 Å². The molecule has 10 nitrogen and oxygen atoms in total. The number of carbonyl (C=O) groups is 5. The molecule has 2 saturated carbocycles. The standard InChI is InChI=1S/C33H40O10/c1-17-23-15-33(31(6,7)39)16-24(37)18(2)27(33)28(43-30(38)22-12-10-9-11-13-22)29(42-21(5)36)32(23,8)26(41-20(4)35)14-25(17)40-19(3)34/h9-13,23,25-26,28-29,39H,1,14-16H2,2-8H3/t23-,25+,26+,28-,29+,32+,33+/m1/s1. The highest BCUT2D eigenvalue weighted by Gasteiger charge is 2.69. The Morgan fingerprint density at radius 1 is 0.953 bits per heavy atom. The summed E-state index contributed by atoms with van der Waals surface area (Å²) in [6.07, 6.45) is -4.53. The lowest BCUT2D eigenvalue weighted by Gasteiger charge is -2.53. The second-order valence-electron chi connectivity index (χ2n) is 12.6. The SMILES string of the molecule is C=C1[C@@H](OC(C)=O)C[C@H](OC(C)=O)[C@]2(C)[C@@H]1C[C@]1(C(C)(C)O)CC(=O)C(C)=C1[C@@H](OC(=O)c1ccccc1)[C@@H]2OC(C)=O. The van der Waals surface area contributed by atoms with Gasteiger partial charge in [-0.05, 0) is 62.0 Å². The number of aliphatic hydroxyl groups is 1. The van der Waals surface area contributed by atoms with Gasteiger partial charge in [0.15, 0.2) is 18.0 Å². The highest BCUT2D eigenvalue weighted by Crippen LogP contribution is 2.64. The largest absolute Gasteiger partial charge is 0.462 e. The first-order chi connectivity index (χ1) is 19.9. The number of rotatable bonds is 6. The molecule has 0 radical (unpaired) electrons. The van der Waals surface area contributed by atoms with E-state index in [2.05, 4.69) is 6.58 Å². The van der Waals surface area contributed by atoms with Crippen LogP contribution in [0.25, 0.3) is 0 Å². The molecule has 4 rings (SSSR count). The molecule has 0 aliphatic heterocycles. The van der Waals surface area contributed by atoms with Gasteiger partial charge >= 0.3 is 23.9 Å². The van der Waals surface area contributed by atoms with E-state index in [4.69, 9.17) is 18.9 Å². The number of hydrogen-bond donors (Lipinski definition) is 1. The van der Waals surface area contributed by atoms with Gasteiger partial charge in [-0.1, -0.05) is 31.7 Å². The number of hydrogen-bond acceptors (Lipinski definition) is 10. The maximum Gasteiger partial charge on any atom is 0.338 e. The van der Waals surface area contributed by atoms with Crippen molar-refractivity contribution in [2.75, 3.05) is 0 Å². The molecule has 0 saturated heterocycles. The van der Waals surface area contributed by atoms with E-state index < -0.39 is 70.6 Å². The summed E-state index contributed by atoms with van der Waals surface area (Å²) in [6.45, 7) is 14.5. The van der Waals surface area contributed by atoms with Crippen molar-refractivity contribution in [2.24, 2.45) is 16.7 Å². The Labute approximate surface area is 251 Å². The Morgan fingerprint density at radius 2 is 1.53 bits per heavy atom.